The fourth-order valence-electron chi connectivity index (χ4n) is 3.17. The number of carboxylic acid groups (broad SMARTS) is 2. The Morgan fingerprint density at radius 3 is 2.11 bits per heavy atom. The highest BCUT2D eigenvalue weighted by Crippen LogP contribution is 2.31. The zero-order chi connectivity index (χ0) is 27.2. The fraction of sp³-hybridized carbons (Fsp3) is 0.125. The van der Waals surface area contributed by atoms with Gasteiger partial charge in [0.15, 0.2) is 0 Å². The molecule has 192 valence electrons. The number of alkyl halides is 3. The molecule has 0 fully saturated rings. The summed E-state index contributed by atoms with van der Waals surface area (Å²) in [6.45, 7) is 0.285. The van der Waals surface area contributed by atoms with Crippen LogP contribution >= 0.6 is 0 Å². The molecule has 0 unspecified atom stereocenters. The number of nitrogens with one attached hydrogen (secondary N) is 2. The molecule has 3 aromatic heterocycles. The highest BCUT2D eigenvalue weighted by Gasteiger charge is 2.38. The Morgan fingerprint density at radius 1 is 0.946 bits per heavy atom. The number of rotatable bonds is 6. The smallest absolute Gasteiger partial charge is 0.478 e. The van der Waals surface area contributed by atoms with E-state index in [1.807, 2.05) is 18.3 Å². The Morgan fingerprint density at radius 2 is 1.57 bits per heavy atom. The summed E-state index contributed by atoms with van der Waals surface area (Å²) in [4.78, 5) is 43.5. The van der Waals surface area contributed by atoms with E-state index in [1.165, 1.54) is 0 Å². The number of amides is 1. The molecule has 1 aromatic carbocycles. The highest BCUT2D eigenvalue weighted by molar-refractivity contribution is 5.97. The molecule has 0 saturated carbocycles. The molecule has 0 bridgehead atoms. The fourth-order valence-corrected chi connectivity index (χ4v) is 3.17. The van der Waals surface area contributed by atoms with E-state index >= 15 is 0 Å². The lowest BCUT2D eigenvalue weighted by atomic mass is 10.0. The lowest BCUT2D eigenvalue weighted by molar-refractivity contribution is -0.192. The molecule has 3 heterocycles. The first kappa shape index (κ1) is 26.8. The molecule has 6 N–H and O–H groups in total. The summed E-state index contributed by atoms with van der Waals surface area (Å²) < 4.78 is 31.7. The molecule has 13 heteroatoms. The van der Waals surface area contributed by atoms with Crippen molar-refractivity contribution in [1.29, 1.82) is 0 Å². The van der Waals surface area contributed by atoms with Crippen LogP contribution in [0.3, 0.4) is 0 Å². The molecule has 1 amide bonds. The van der Waals surface area contributed by atoms with Crippen molar-refractivity contribution in [2.24, 2.45) is 5.73 Å². The summed E-state index contributed by atoms with van der Waals surface area (Å²) in [6, 6.07) is 12.3. The Hall–Kier alpha value is -4.78. The number of aromatic carboxylic acids is 1. The minimum Gasteiger partial charge on any atom is -0.478 e. The number of nitrogens with two attached hydrogens (primary N) is 1. The number of aromatic nitrogens is 3. The first-order chi connectivity index (χ1) is 17.5. The second-order valence-electron chi connectivity index (χ2n) is 7.53. The first-order valence-corrected chi connectivity index (χ1v) is 10.6. The third-order valence-electron chi connectivity index (χ3n) is 4.95. The number of hydrogen-bond acceptors (Lipinski definition) is 6. The summed E-state index contributed by atoms with van der Waals surface area (Å²) in [5.41, 5.74) is 9.89. The largest absolute Gasteiger partial charge is 0.490 e. The maximum atomic E-state index is 11.6. The van der Waals surface area contributed by atoms with Gasteiger partial charge in [-0.25, -0.2) is 19.6 Å². The molecule has 4 rings (SSSR count). The maximum absolute atomic E-state index is 11.6. The molecule has 37 heavy (non-hydrogen) atoms. The van der Waals surface area contributed by atoms with E-state index in [-0.39, 0.29) is 24.4 Å². The van der Waals surface area contributed by atoms with Crippen LogP contribution in [0.25, 0.3) is 33.3 Å². The van der Waals surface area contributed by atoms with Crippen LogP contribution in [0.2, 0.25) is 0 Å². The topological polar surface area (TPSA) is 171 Å². The van der Waals surface area contributed by atoms with Gasteiger partial charge < -0.3 is 26.2 Å². The van der Waals surface area contributed by atoms with Crippen molar-refractivity contribution in [1.82, 2.24) is 15.0 Å². The summed E-state index contributed by atoms with van der Waals surface area (Å²) in [5, 5.41) is 19.8. The standard InChI is InChI=1S/C22H19N5O3.C2HF3O2/c23-8-7-20(28)27-19-6-5-15(10-24-19)16-9-17-18(12-26-21(17)25-11-16)13-1-3-14(4-2-13)22(29)30;3-2(4,5)1(6)7/h1-6,9-12H,7-8,23H2,(H,25,26)(H,29,30)(H,24,27,28);(H,6,7). The van der Waals surface area contributed by atoms with Crippen molar-refractivity contribution in [3.63, 3.8) is 0 Å². The molecule has 0 atom stereocenters. The van der Waals surface area contributed by atoms with Crippen molar-refractivity contribution in [2.75, 3.05) is 11.9 Å². The highest BCUT2D eigenvalue weighted by atomic mass is 19.4. The number of carbonyl (C=O) groups is 3. The van der Waals surface area contributed by atoms with Crippen LogP contribution in [0.5, 0.6) is 0 Å². The van der Waals surface area contributed by atoms with Gasteiger partial charge in [0.1, 0.15) is 11.5 Å². The van der Waals surface area contributed by atoms with Gasteiger partial charge in [0.25, 0.3) is 0 Å². The van der Waals surface area contributed by atoms with Gasteiger partial charge in [-0.3, -0.25) is 4.79 Å². The number of benzene rings is 1. The van der Waals surface area contributed by atoms with Crippen molar-refractivity contribution in [2.45, 2.75) is 12.6 Å². The van der Waals surface area contributed by atoms with Crippen molar-refractivity contribution < 1.29 is 37.8 Å². The Labute approximate surface area is 207 Å². The molecular formula is C24H20F3N5O5. The number of fused-ring (bicyclic) bond motifs is 1. The Kier molecular flexibility index (Phi) is 8.19. The normalized spacial score (nSPS) is 10.9. The summed E-state index contributed by atoms with van der Waals surface area (Å²) in [6.07, 6.45) is 0.438. The second kappa shape index (κ2) is 11.3. The summed E-state index contributed by atoms with van der Waals surface area (Å²) in [7, 11) is 0. The third kappa shape index (κ3) is 6.89. The molecule has 10 nitrogen and oxygen atoms in total. The Balaban J connectivity index is 0.000000479. The number of aromatic amines is 1. The number of nitrogens with zero attached hydrogens (tertiary/aromatic N) is 2. The van der Waals surface area contributed by atoms with Gasteiger partial charge in [-0.2, -0.15) is 13.2 Å². The number of hydrogen-bond donors (Lipinski definition) is 5. The third-order valence-corrected chi connectivity index (χ3v) is 4.95. The lowest BCUT2D eigenvalue weighted by Crippen LogP contribution is -2.21. The van der Waals surface area contributed by atoms with Gasteiger partial charge in [-0.1, -0.05) is 12.1 Å². The van der Waals surface area contributed by atoms with E-state index in [0.29, 0.717) is 5.82 Å². The first-order valence-electron chi connectivity index (χ1n) is 10.6. The molecule has 0 aliphatic carbocycles. The van der Waals surface area contributed by atoms with Crippen LogP contribution in [0, 0.1) is 0 Å². The van der Waals surface area contributed by atoms with Crippen LogP contribution in [0.1, 0.15) is 16.8 Å². The van der Waals surface area contributed by atoms with Crippen molar-refractivity contribution in [3.05, 3.63) is 66.6 Å². The molecule has 4 aromatic rings. The van der Waals surface area contributed by atoms with E-state index in [2.05, 4.69) is 20.3 Å². The molecule has 0 aliphatic rings. The number of aliphatic carboxylic acids is 1. The average molecular weight is 515 g/mol. The van der Waals surface area contributed by atoms with Crippen LogP contribution in [-0.4, -0.2) is 55.7 Å². The lowest BCUT2D eigenvalue weighted by Gasteiger charge is -2.06. The van der Waals surface area contributed by atoms with Gasteiger partial charge in [0.05, 0.1) is 5.56 Å². The van der Waals surface area contributed by atoms with Gasteiger partial charge in [-0.05, 0) is 35.9 Å². The van der Waals surface area contributed by atoms with Crippen LogP contribution in [0.4, 0.5) is 19.0 Å². The molecule has 0 spiro atoms. The van der Waals surface area contributed by atoms with E-state index in [0.717, 1.165) is 33.3 Å². The van der Waals surface area contributed by atoms with Gasteiger partial charge in [-0.15, -0.1) is 0 Å². The molecule has 0 aliphatic heterocycles. The van der Waals surface area contributed by atoms with Crippen LogP contribution in [-0.2, 0) is 9.59 Å². The zero-order valence-electron chi connectivity index (χ0n) is 18.9. The predicted octanol–water partition coefficient (Wildman–Crippen LogP) is 3.91. The summed E-state index contributed by atoms with van der Waals surface area (Å²) >= 11 is 0. The van der Waals surface area contributed by atoms with Crippen molar-refractivity contribution >= 4 is 34.7 Å². The zero-order valence-corrected chi connectivity index (χ0v) is 18.9. The quantitative estimate of drug-likeness (QED) is 0.257. The van der Waals surface area contributed by atoms with E-state index in [9.17, 15) is 22.8 Å². The molecule has 0 saturated heterocycles. The number of anilines is 1. The van der Waals surface area contributed by atoms with E-state index < -0.39 is 18.1 Å². The van der Waals surface area contributed by atoms with Crippen LogP contribution in [0.15, 0.2) is 61.1 Å². The van der Waals surface area contributed by atoms with Gasteiger partial charge in [0.2, 0.25) is 5.91 Å². The van der Waals surface area contributed by atoms with Crippen molar-refractivity contribution in [3.8, 4) is 22.3 Å². The number of carbonyl (C=O) groups excluding carboxylic acids is 1. The van der Waals surface area contributed by atoms with Gasteiger partial charge in [0, 0.05) is 53.6 Å². The number of pyridine rings is 2. The minimum absolute atomic E-state index is 0.174. The monoisotopic (exact) mass is 515 g/mol. The number of halogens is 3. The molecular weight excluding hydrogens is 495 g/mol. The second-order valence-corrected chi connectivity index (χ2v) is 7.53. The predicted molar refractivity (Wildman–Crippen MR) is 128 cm³/mol. The van der Waals surface area contributed by atoms with E-state index in [1.54, 1.807) is 42.7 Å². The van der Waals surface area contributed by atoms with Crippen LogP contribution < -0.4 is 11.1 Å². The number of H-pyrrole nitrogens is 1. The average Bonchev–Trinajstić information content (AvgIpc) is 3.28. The number of carboxylic acids is 2. The summed E-state index contributed by atoms with van der Waals surface area (Å²) in [5.74, 6) is -3.43. The maximum Gasteiger partial charge on any atom is 0.490 e. The van der Waals surface area contributed by atoms with E-state index in [4.69, 9.17) is 20.7 Å². The SMILES string of the molecule is NCCC(=O)Nc1ccc(-c2cnc3[nH]cc(-c4ccc(C(=O)O)cc4)c3c2)cn1.O=C(O)C(F)(F)F. The van der Waals surface area contributed by atoms with Gasteiger partial charge >= 0.3 is 18.1 Å². The molecule has 0 radical (unpaired) electrons. The minimum atomic E-state index is -5.08. The Bertz CT molecular complexity index is 1420.